The molecule has 2 fully saturated rings. The van der Waals surface area contributed by atoms with Gasteiger partial charge in [-0.2, -0.15) is 0 Å². The molecule has 2 aliphatic rings. The summed E-state index contributed by atoms with van der Waals surface area (Å²) in [5, 5.41) is 3.90. The fourth-order valence-electron chi connectivity index (χ4n) is 4.21. The largest absolute Gasteiger partial charge is 0.310 e. The van der Waals surface area contributed by atoms with E-state index in [0.29, 0.717) is 11.5 Å². The van der Waals surface area contributed by atoms with E-state index in [1.54, 1.807) is 0 Å². The van der Waals surface area contributed by atoms with Crippen molar-refractivity contribution in [1.29, 1.82) is 0 Å². The van der Waals surface area contributed by atoms with E-state index >= 15 is 0 Å². The van der Waals surface area contributed by atoms with Crippen molar-refractivity contribution >= 4 is 0 Å². The van der Waals surface area contributed by atoms with Gasteiger partial charge in [-0.1, -0.05) is 56.5 Å². The average Bonchev–Trinajstić information content (AvgIpc) is 2.71. The van der Waals surface area contributed by atoms with Gasteiger partial charge < -0.3 is 10.2 Å². The average molecular weight is 286 g/mol. The molecule has 1 aromatic carbocycles. The molecule has 0 aromatic heterocycles. The second-order valence-electron chi connectivity index (χ2n) is 7.17. The van der Waals surface area contributed by atoms with Crippen LogP contribution in [0.4, 0.5) is 0 Å². The number of benzene rings is 1. The molecule has 1 saturated carbocycles. The maximum absolute atomic E-state index is 3.90. The monoisotopic (exact) mass is 286 g/mol. The molecule has 0 bridgehead atoms. The van der Waals surface area contributed by atoms with Crippen LogP contribution < -0.4 is 5.32 Å². The molecular weight excluding hydrogens is 256 g/mol. The number of hydrogen-bond acceptors (Lipinski definition) is 2. The topological polar surface area (TPSA) is 15.3 Å². The molecule has 1 unspecified atom stereocenters. The predicted octanol–water partition coefficient (Wildman–Crippen LogP) is 3.79. The minimum atomic E-state index is 0.422. The van der Waals surface area contributed by atoms with Gasteiger partial charge in [0.2, 0.25) is 0 Å². The second-order valence-corrected chi connectivity index (χ2v) is 7.17. The molecule has 21 heavy (non-hydrogen) atoms. The Bertz CT molecular complexity index is 422. The van der Waals surface area contributed by atoms with Gasteiger partial charge in [-0.15, -0.1) is 0 Å². The normalized spacial score (nSPS) is 24.6. The molecule has 1 heterocycles. The summed E-state index contributed by atoms with van der Waals surface area (Å²) < 4.78 is 0. The van der Waals surface area contributed by atoms with Crippen LogP contribution in [0.2, 0.25) is 0 Å². The Labute approximate surface area is 129 Å². The van der Waals surface area contributed by atoms with Crippen LogP contribution >= 0.6 is 0 Å². The third-order valence-corrected chi connectivity index (χ3v) is 5.39. The molecule has 0 radical (unpaired) electrons. The molecule has 3 rings (SSSR count). The summed E-state index contributed by atoms with van der Waals surface area (Å²) in [4.78, 5) is 2.73. The molecule has 2 heteroatoms. The minimum absolute atomic E-state index is 0.422. The lowest BCUT2D eigenvalue weighted by molar-refractivity contribution is 0.160. The van der Waals surface area contributed by atoms with Crippen molar-refractivity contribution in [3.63, 3.8) is 0 Å². The SMILES string of the molecule is CC(CN1CCCNC2(CCCCC2)C1)c1ccccc1. The van der Waals surface area contributed by atoms with Crippen molar-refractivity contribution in [2.45, 2.75) is 56.9 Å². The van der Waals surface area contributed by atoms with Crippen molar-refractivity contribution in [1.82, 2.24) is 10.2 Å². The Morgan fingerprint density at radius 1 is 1.10 bits per heavy atom. The lowest BCUT2D eigenvalue weighted by atomic mass is 9.81. The highest BCUT2D eigenvalue weighted by molar-refractivity contribution is 5.19. The van der Waals surface area contributed by atoms with Gasteiger partial charge in [0.15, 0.2) is 0 Å². The van der Waals surface area contributed by atoms with Crippen LogP contribution in [0.1, 0.15) is 56.9 Å². The van der Waals surface area contributed by atoms with E-state index in [0.717, 1.165) is 0 Å². The van der Waals surface area contributed by atoms with Gasteiger partial charge in [0.05, 0.1) is 0 Å². The van der Waals surface area contributed by atoms with E-state index in [2.05, 4.69) is 47.5 Å². The second kappa shape index (κ2) is 6.93. The van der Waals surface area contributed by atoms with Gasteiger partial charge in [0.1, 0.15) is 0 Å². The van der Waals surface area contributed by atoms with Crippen LogP contribution in [-0.2, 0) is 0 Å². The first-order valence-corrected chi connectivity index (χ1v) is 8.80. The summed E-state index contributed by atoms with van der Waals surface area (Å²) >= 11 is 0. The Kier molecular flexibility index (Phi) is 4.97. The standard InChI is InChI=1S/C19H30N2/c1-17(18-9-4-2-5-10-18)15-21-14-8-13-20-19(16-21)11-6-3-7-12-19/h2,4-5,9-10,17,20H,3,6-8,11-16H2,1H3. The van der Waals surface area contributed by atoms with Crippen molar-refractivity contribution in [2.24, 2.45) is 0 Å². The maximum atomic E-state index is 3.90. The Morgan fingerprint density at radius 2 is 1.86 bits per heavy atom. The summed E-state index contributed by atoms with van der Waals surface area (Å²) in [6, 6.07) is 11.0. The van der Waals surface area contributed by atoms with Crippen LogP contribution in [0.25, 0.3) is 0 Å². The summed E-state index contributed by atoms with van der Waals surface area (Å²) in [7, 11) is 0. The summed E-state index contributed by atoms with van der Waals surface area (Å²) in [5.41, 5.74) is 1.90. The van der Waals surface area contributed by atoms with Crippen LogP contribution in [0, 0.1) is 0 Å². The van der Waals surface area contributed by atoms with Crippen molar-refractivity contribution in [2.75, 3.05) is 26.2 Å². The number of nitrogens with one attached hydrogen (secondary N) is 1. The summed E-state index contributed by atoms with van der Waals surface area (Å²) in [6.45, 7) is 7.29. The lowest BCUT2D eigenvalue weighted by Crippen LogP contribution is -2.53. The number of hydrogen-bond donors (Lipinski definition) is 1. The van der Waals surface area contributed by atoms with Crippen molar-refractivity contribution < 1.29 is 0 Å². The third-order valence-electron chi connectivity index (χ3n) is 5.39. The fourth-order valence-corrected chi connectivity index (χ4v) is 4.21. The highest BCUT2D eigenvalue weighted by Crippen LogP contribution is 2.31. The van der Waals surface area contributed by atoms with Gasteiger partial charge in [0, 0.05) is 18.6 Å². The zero-order valence-corrected chi connectivity index (χ0v) is 13.5. The molecule has 2 nitrogen and oxygen atoms in total. The maximum Gasteiger partial charge on any atom is 0.0308 e. The van der Waals surface area contributed by atoms with E-state index in [4.69, 9.17) is 0 Å². The Hall–Kier alpha value is -0.860. The number of rotatable bonds is 3. The van der Waals surface area contributed by atoms with Gasteiger partial charge in [-0.05, 0) is 43.8 Å². The molecule has 1 spiro atoms. The molecular formula is C19H30N2. The van der Waals surface area contributed by atoms with Gasteiger partial charge in [-0.25, -0.2) is 0 Å². The van der Waals surface area contributed by atoms with E-state index in [9.17, 15) is 0 Å². The van der Waals surface area contributed by atoms with Crippen LogP contribution in [0.15, 0.2) is 30.3 Å². The zero-order chi connectivity index (χ0) is 14.5. The number of nitrogens with zero attached hydrogens (tertiary/aromatic N) is 1. The molecule has 0 amide bonds. The predicted molar refractivity (Wildman–Crippen MR) is 89.7 cm³/mol. The highest BCUT2D eigenvalue weighted by atomic mass is 15.2. The Morgan fingerprint density at radius 3 is 2.62 bits per heavy atom. The van der Waals surface area contributed by atoms with E-state index in [-0.39, 0.29) is 0 Å². The molecule has 1 N–H and O–H groups in total. The van der Waals surface area contributed by atoms with Gasteiger partial charge >= 0.3 is 0 Å². The van der Waals surface area contributed by atoms with Gasteiger partial charge in [0.25, 0.3) is 0 Å². The van der Waals surface area contributed by atoms with Crippen LogP contribution in [0.5, 0.6) is 0 Å². The quantitative estimate of drug-likeness (QED) is 0.909. The first kappa shape index (κ1) is 15.1. The smallest absolute Gasteiger partial charge is 0.0308 e. The molecule has 116 valence electrons. The molecule has 1 aromatic rings. The van der Waals surface area contributed by atoms with Crippen LogP contribution in [0.3, 0.4) is 0 Å². The van der Waals surface area contributed by atoms with Crippen molar-refractivity contribution in [3.8, 4) is 0 Å². The summed E-state index contributed by atoms with van der Waals surface area (Å²) in [5.74, 6) is 0.630. The molecule has 1 saturated heterocycles. The minimum Gasteiger partial charge on any atom is -0.310 e. The van der Waals surface area contributed by atoms with Crippen LogP contribution in [-0.4, -0.2) is 36.6 Å². The summed E-state index contributed by atoms with van der Waals surface area (Å²) in [6.07, 6.45) is 8.31. The highest BCUT2D eigenvalue weighted by Gasteiger charge is 2.35. The van der Waals surface area contributed by atoms with E-state index in [1.807, 2.05) is 0 Å². The third kappa shape index (κ3) is 3.87. The van der Waals surface area contributed by atoms with Gasteiger partial charge in [-0.3, -0.25) is 0 Å². The lowest BCUT2D eigenvalue weighted by Gasteiger charge is -2.40. The van der Waals surface area contributed by atoms with Crippen molar-refractivity contribution in [3.05, 3.63) is 35.9 Å². The first-order valence-electron chi connectivity index (χ1n) is 8.80. The molecule has 1 atom stereocenters. The molecule has 1 aliphatic heterocycles. The molecule has 1 aliphatic carbocycles. The Balaban J connectivity index is 1.64. The van der Waals surface area contributed by atoms with E-state index in [1.165, 1.54) is 70.3 Å². The fraction of sp³-hybridized carbons (Fsp3) is 0.684. The van der Waals surface area contributed by atoms with E-state index < -0.39 is 0 Å². The zero-order valence-electron chi connectivity index (χ0n) is 13.5. The first-order chi connectivity index (χ1) is 10.3.